The molecule has 0 aliphatic carbocycles. The highest BCUT2D eigenvalue weighted by molar-refractivity contribution is 6.00. The average molecular weight is 434 g/mol. The smallest absolute Gasteiger partial charge is 0.273 e. The normalized spacial score (nSPS) is 15.6. The Morgan fingerprint density at radius 1 is 1.12 bits per heavy atom. The first-order chi connectivity index (χ1) is 15.3. The summed E-state index contributed by atoms with van der Waals surface area (Å²) in [5, 5.41) is 18.3. The number of hydrogen-bond donors (Lipinski definition) is 2. The number of ether oxygens (including phenoxy) is 1. The zero-order chi connectivity index (χ0) is 23.0. The monoisotopic (exact) mass is 433 g/mol. The van der Waals surface area contributed by atoms with Crippen LogP contribution in [0.15, 0.2) is 36.4 Å². The Kier molecular flexibility index (Phi) is 6.07. The topological polar surface area (TPSA) is 78.5 Å². The quantitative estimate of drug-likeness (QED) is 0.510. The van der Waals surface area contributed by atoms with Gasteiger partial charge in [0.15, 0.2) is 0 Å². The molecule has 2 heterocycles. The molecular formula is C26H31N3O3. The molecule has 2 aromatic carbocycles. The SMILES string of the molecule is Cc1ccc(C2c3c(-c4cc(C)cc(C)c4O)n[nH]c3C(=O)N2CCCOC(C)C)cc1. The average Bonchev–Trinajstić information content (AvgIpc) is 3.28. The van der Waals surface area contributed by atoms with Crippen LogP contribution in [0.4, 0.5) is 0 Å². The van der Waals surface area contributed by atoms with Crippen molar-refractivity contribution in [3.8, 4) is 17.0 Å². The molecule has 0 fully saturated rings. The van der Waals surface area contributed by atoms with Gasteiger partial charge in [-0.3, -0.25) is 9.89 Å². The van der Waals surface area contributed by atoms with Gasteiger partial charge in [0.2, 0.25) is 0 Å². The summed E-state index contributed by atoms with van der Waals surface area (Å²) in [7, 11) is 0. The third-order valence-corrected chi connectivity index (χ3v) is 5.95. The van der Waals surface area contributed by atoms with Crippen LogP contribution in [0, 0.1) is 20.8 Å². The second-order valence-electron chi connectivity index (χ2n) is 8.92. The van der Waals surface area contributed by atoms with Gasteiger partial charge in [0.25, 0.3) is 5.91 Å². The van der Waals surface area contributed by atoms with Crippen LogP contribution in [-0.4, -0.2) is 45.4 Å². The highest BCUT2D eigenvalue weighted by atomic mass is 16.5. The van der Waals surface area contributed by atoms with Crippen molar-refractivity contribution in [3.63, 3.8) is 0 Å². The second-order valence-corrected chi connectivity index (χ2v) is 8.92. The van der Waals surface area contributed by atoms with Crippen molar-refractivity contribution in [1.29, 1.82) is 0 Å². The predicted molar refractivity (Wildman–Crippen MR) is 125 cm³/mol. The van der Waals surface area contributed by atoms with Crippen LogP contribution in [0.1, 0.15) is 64.6 Å². The van der Waals surface area contributed by atoms with Gasteiger partial charge >= 0.3 is 0 Å². The number of nitrogens with one attached hydrogen (secondary N) is 1. The van der Waals surface area contributed by atoms with Crippen molar-refractivity contribution in [2.75, 3.05) is 13.2 Å². The molecule has 1 atom stereocenters. The predicted octanol–water partition coefficient (Wildman–Crippen LogP) is 5.07. The third-order valence-electron chi connectivity index (χ3n) is 5.95. The van der Waals surface area contributed by atoms with E-state index in [0.29, 0.717) is 30.1 Å². The van der Waals surface area contributed by atoms with E-state index in [1.165, 1.54) is 0 Å². The molecule has 1 unspecified atom stereocenters. The lowest BCUT2D eigenvalue weighted by atomic mass is 9.93. The standard InChI is InChI=1S/C26H31N3O3/c1-15(2)32-12-6-11-29-24(19-9-7-16(3)8-10-19)21-22(27-28-23(21)26(29)31)20-14-17(4)13-18(5)25(20)30/h7-10,13-15,24,30H,6,11-12H2,1-5H3,(H,27,28). The summed E-state index contributed by atoms with van der Waals surface area (Å²) in [5.74, 6) is 0.126. The number of H-pyrrole nitrogens is 1. The highest BCUT2D eigenvalue weighted by Gasteiger charge is 2.42. The van der Waals surface area contributed by atoms with E-state index < -0.39 is 0 Å². The minimum Gasteiger partial charge on any atom is -0.507 e. The molecular weight excluding hydrogens is 402 g/mol. The second kappa shape index (κ2) is 8.79. The Bertz CT molecular complexity index is 1130. The first-order valence-electron chi connectivity index (χ1n) is 11.2. The molecule has 1 aliphatic heterocycles. The van der Waals surface area contributed by atoms with Crippen molar-refractivity contribution < 1.29 is 14.6 Å². The zero-order valence-corrected chi connectivity index (χ0v) is 19.4. The Labute approximate surface area is 189 Å². The maximum absolute atomic E-state index is 13.4. The summed E-state index contributed by atoms with van der Waals surface area (Å²) in [6, 6.07) is 11.9. The van der Waals surface area contributed by atoms with Crippen molar-refractivity contribution in [2.24, 2.45) is 0 Å². The molecule has 32 heavy (non-hydrogen) atoms. The number of amides is 1. The fourth-order valence-electron chi connectivity index (χ4n) is 4.42. The number of aromatic amines is 1. The number of benzene rings is 2. The number of nitrogens with zero attached hydrogens (tertiary/aromatic N) is 2. The highest BCUT2D eigenvalue weighted by Crippen LogP contribution is 2.45. The van der Waals surface area contributed by atoms with E-state index in [0.717, 1.165) is 34.2 Å². The molecule has 6 nitrogen and oxygen atoms in total. The molecule has 168 valence electrons. The molecule has 3 aromatic rings. The maximum Gasteiger partial charge on any atom is 0.273 e. The summed E-state index contributed by atoms with van der Waals surface area (Å²) < 4.78 is 5.70. The summed E-state index contributed by atoms with van der Waals surface area (Å²) in [6.45, 7) is 11.1. The molecule has 1 amide bonds. The maximum atomic E-state index is 13.4. The van der Waals surface area contributed by atoms with Crippen LogP contribution < -0.4 is 0 Å². The summed E-state index contributed by atoms with van der Waals surface area (Å²) in [4.78, 5) is 15.3. The van der Waals surface area contributed by atoms with Crippen LogP contribution in [0.3, 0.4) is 0 Å². The van der Waals surface area contributed by atoms with E-state index in [1.807, 2.05) is 51.7 Å². The molecule has 0 spiro atoms. The number of carbonyl (C=O) groups is 1. The molecule has 1 aliphatic rings. The number of aryl methyl sites for hydroxylation is 3. The minimum absolute atomic E-state index is 0.0715. The number of phenols is 1. The Morgan fingerprint density at radius 3 is 2.53 bits per heavy atom. The summed E-state index contributed by atoms with van der Waals surface area (Å²) in [5.41, 5.74) is 6.60. The number of phenolic OH excluding ortho intramolecular Hbond substituents is 1. The Hall–Kier alpha value is -3.12. The molecule has 0 radical (unpaired) electrons. The summed E-state index contributed by atoms with van der Waals surface area (Å²) in [6.07, 6.45) is 0.905. The van der Waals surface area contributed by atoms with E-state index in [1.54, 1.807) is 0 Å². The minimum atomic E-state index is -0.272. The van der Waals surface area contributed by atoms with Gasteiger partial charge < -0.3 is 14.7 Å². The Morgan fingerprint density at radius 2 is 1.84 bits per heavy atom. The number of aromatic nitrogens is 2. The van der Waals surface area contributed by atoms with Crippen molar-refractivity contribution in [1.82, 2.24) is 15.1 Å². The van der Waals surface area contributed by atoms with Gasteiger partial charge in [0.05, 0.1) is 12.1 Å². The van der Waals surface area contributed by atoms with Crippen LogP contribution in [0.25, 0.3) is 11.3 Å². The van der Waals surface area contributed by atoms with Gasteiger partial charge in [-0.1, -0.05) is 35.9 Å². The van der Waals surface area contributed by atoms with Gasteiger partial charge in [0.1, 0.15) is 17.1 Å². The van der Waals surface area contributed by atoms with Crippen molar-refractivity contribution in [2.45, 2.75) is 53.2 Å². The molecule has 0 bridgehead atoms. The Balaban J connectivity index is 1.79. The first kappa shape index (κ1) is 22.1. The lowest BCUT2D eigenvalue weighted by Crippen LogP contribution is -2.31. The number of fused-ring (bicyclic) bond motifs is 1. The van der Waals surface area contributed by atoms with E-state index in [-0.39, 0.29) is 23.8 Å². The number of rotatable bonds is 7. The summed E-state index contributed by atoms with van der Waals surface area (Å²) >= 11 is 0. The fourth-order valence-corrected chi connectivity index (χ4v) is 4.42. The number of carbonyl (C=O) groups excluding carboxylic acids is 1. The number of aromatic hydroxyl groups is 1. The fraction of sp³-hybridized carbons (Fsp3) is 0.385. The van der Waals surface area contributed by atoms with Gasteiger partial charge in [0, 0.05) is 24.3 Å². The molecule has 6 heteroatoms. The largest absolute Gasteiger partial charge is 0.507 e. The molecule has 4 rings (SSSR count). The molecule has 0 saturated heterocycles. The van der Waals surface area contributed by atoms with E-state index in [9.17, 15) is 9.90 Å². The number of hydrogen-bond acceptors (Lipinski definition) is 4. The molecule has 0 saturated carbocycles. The first-order valence-corrected chi connectivity index (χ1v) is 11.2. The van der Waals surface area contributed by atoms with E-state index in [4.69, 9.17) is 4.74 Å². The van der Waals surface area contributed by atoms with Gasteiger partial charge in [-0.05, 0) is 63.8 Å². The van der Waals surface area contributed by atoms with Gasteiger partial charge in [-0.2, -0.15) is 5.10 Å². The zero-order valence-electron chi connectivity index (χ0n) is 19.4. The van der Waals surface area contributed by atoms with E-state index in [2.05, 4.69) is 34.5 Å². The molecule has 1 aromatic heterocycles. The van der Waals surface area contributed by atoms with Crippen LogP contribution in [0.5, 0.6) is 5.75 Å². The van der Waals surface area contributed by atoms with Crippen molar-refractivity contribution >= 4 is 5.91 Å². The lowest BCUT2D eigenvalue weighted by molar-refractivity contribution is 0.0601. The molecule has 2 N–H and O–H groups in total. The van der Waals surface area contributed by atoms with Gasteiger partial charge in [-0.15, -0.1) is 0 Å². The lowest BCUT2D eigenvalue weighted by Gasteiger charge is -2.27. The third kappa shape index (κ3) is 4.02. The van der Waals surface area contributed by atoms with Gasteiger partial charge in [-0.25, -0.2) is 0 Å². The van der Waals surface area contributed by atoms with Crippen LogP contribution in [-0.2, 0) is 4.74 Å². The van der Waals surface area contributed by atoms with E-state index >= 15 is 0 Å². The van der Waals surface area contributed by atoms with Crippen LogP contribution in [0.2, 0.25) is 0 Å². The van der Waals surface area contributed by atoms with Crippen molar-refractivity contribution in [3.05, 3.63) is 69.9 Å². The van der Waals surface area contributed by atoms with Crippen LogP contribution >= 0.6 is 0 Å².